The van der Waals surface area contributed by atoms with Gasteiger partial charge in [-0.3, -0.25) is 0 Å². The van der Waals surface area contributed by atoms with E-state index in [4.69, 9.17) is 16.7 Å². The van der Waals surface area contributed by atoms with Gasteiger partial charge >= 0.3 is 5.97 Å². The van der Waals surface area contributed by atoms with Gasteiger partial charge in [0.15, 0.2) is 5.69 Å². The number of carboxylic acid groups (broad SMARTS) is 1. The summed E-state index contributed by atoms with van der Waals surface area (Å²) < 4.78 is 13.4. The SMILES string of the molecule is O=C(O)c1[nH]c(Cl)nc1-c1ccccc1F. The van der Waals surface area contributed by atoms with Crippen molar-refractivity contribution in [2.75, 3.05) is 0 Å². The maximum atomic E-state index is 13.4. The van der Waals surface area contributed by atoms with Crippen molar-refractivity contribution in [3.8, 4) is 11.3 Å². The van der Waals surface area contributed by atoms with Crippen molar-refractivity contribution in [2.24, 2.45) is 0 Å². The molecule has 0 fully saturated rings. The standard InChI is InChI=1S/C10H6ClFN2O2/c11-10-13-7(8(14-10)9(15)16)5-3-1-2-4-6(5)12/h1-4H,(H,13,14)(H,15,16). The molecule has 16 heavy (non-hydrogen) atoms. The lowest BCUT2D eigenvalue weighted by molar-refractivity contribution is 0.0692. The topological polar surface area (TPSA) is 66.0 Å². The van der Waals surface area contributed by atoms with Gasteiger partial charge in [0.2, 0.25) is 5.28 Å². The summed E-state index contributed by atoms with van der Waals surface area (Å²) in [7, 11) is 0. The van der Waals surface area contributed by atoms with Crippen LogP contribution in [0.4, 0.5) is 4.39 Å². The number of H-pyrrole nitrogens is 1. The first kappa shape index (κ1) is 10.6. The van der Waals surface area contributed by atoms with E-state index in [1.165, 1.54) is 18.2 Å². The fraction of sp³-hybridized carbons (Fsp3) is 0. The lowest BCUT2D eigenvalue weighted by Gasteiger charge is -1.99. The zero-order valence-corrected chi connectivity index (χ0v) is 8.62. The number of hydrogen-bond donors (Lipinski definition) is 2. The maximum Gasteiger partial charge on any atom is 0.354 e. The zero-order valence-electron chi connectivity index (χ0n) is 7.87. The second-order valence-corrected chi connectivity index (χ2v) is 3.39. The van der Waals surface area contributed by atoms with E-state index < -0.39 is 11.8 Å². The number of carbonyl (C=O) groups is 1. The molecule has 1 aromatic heterocycles. The molecule has 0 spiro atoms. The predicted molar refractivity (Wildman–Crippen MR) is 56.0 cm³/mol. The first-order valence-corrected chi connectivity index (χ1v) is 4.71. The molecule has 1 heterocycles. The van der Waals surface area contributed by atoms with Crippen molar-refractivity contribution in [1.82, 2.24) is 9.97 Å². The molecule has 6 heteroatoms. The molecule has 0 amide bonds. The molecule has 0 bridgehead atoms. The monoisotopic (exact) mass is 240 g/mol. The minimum atomic E-state index is -1.24. The Morgan fingerprint density at radius 1 is 1.44 bits per heavy atom. The van der Waals surface area contributed by atoms with Crippen LogP contribution in [0.15, 0.2) is 24.3 Å². The van der Waals surface area contributed by atoms with E-state index in [-0.39, 0.29) is 22.2 Å². The molecule has 0 saturated heterocycles. The van der Waals surface area contributed by atoms with Crippen molar-refractivity contribution in [1.29, 1.82) is 0 Å². The number of rotatable bonds is 2. The van der Waals surface area contributed by atoms with Crippen LogP contribution in [0.1, 0.15) is 10.5 Å². The third-order valence-electron chi connectivity index (χ3n) is 2.02. The van der Waals surface area contributed by atoms with Crippen LogP contribution < -0.4 is 0 Å². The summed E-state index contributed by atoms with van der Waals surface area (Å²) in [5, 5.41) is 8.79. The molecule has 82 valence electrons. The molecule has 2 rings (SSSR count). The van der Waals surface area contributed by atoms with Crippen molar-refractivity contribution >= 4 is 17.6 Å². The predicted octanol–water partition coefficient (Wildman–Crippen LogP) is 2.57. The Kier molecular flexibility index (Phi) is 2.62. The number of benzene rings is 1. The average molecular weight is 241 g/mol. The zero-order chi connectivity index (χ0) is 11.7. The number of hydrogen-bond acceptors (Lipinski definition) is 2. The van der Waals surface area contributed by atoms with E-state index >= 15 is 0 Å². The molecule has 0 atom stereocenters. The lowest BCUT2D eigenvalue weighted by Crippen LogP contribution is -2.00. The summed E-state index contributed by atoms with van der Waals surface area (Å²) in [5.41, 5.74) is -0.131. The van der Waals surface area contributed by atoms with E-state index in [0.29, 0.717) is 0 Å². The van der Waals surface area contributed by atoms with Crippen LogP contribution in [0, 0.1) is 5.82 Å². The molecule has 1 aromatic carbocycles. The van der Waals surface area contributed by atoms with Gasteiger partial charge in [0, 0.05) is 5.56 Å². The molecule has 0 radical (unpaired) electrons. The Bertz CT molecular complexity index is 554. The van der Waals surface area contributed by atoms with Gasteiger partial charge in [0.1, 0.15) is 11.5 Å². The highest BCUT2D eigenvalue weighted by Gasteiger charge is 2.19. The summed E-state index contributed by atoms with van der Waals surface area (Å²) in [6.07, 6.45) is 0. The van der Waals surface area contributed by atoms with Crippen LogP contribution in [-0.2, 0) is 0 Å². The molecule has 4 nitrogen and oxygen atoms in total. The Balaban J connectivity index is 2.64. The van der Waals surface area contributed by atoms with E-state index in [9.17, 15) is 9.18 Å². The molecule has 0 aliphatic carbocycles. The minimum Gasteiger partial charge on any atom is -0.477 e. The lowest BCUT2D eigenvalue weighted by atomic mass is 10.1. The number of aromatic amines is 1. The van der Waals surface area contributed by atoms with Crippen LogP contribution >= 0.6 is 11.6 Å². The molecule has 0 saturated carbocycles. The van der Waals surface area contributed by atoms with E-state index in [1.54, 1.807) is 6.07 Å². The van der Waals surface area contributed by atoms with Crippen molar-refractivity contribution < 1.29 is 14.3 Å². The quantitative estimate of drug-likeness (QED) is 0.848. The van der Waals surface area contributed by atoms with Crippen LogP contribution in [0.25, 0.3) is 11.3 Å². The Labute approximate surface area is 94.7 Å². The first-order chi connectivity index (χ1) is 7.59. The van der Waals surface area contributed by atoms with Gasteiger partial charge < -0.3 is 10.1 Å². The second-order valence-electron chi connectivity index (χ2n) is 3.04. The van der Waals surface area contributed by atoms with Gasteiger partial charge in [-0.2, -0.15) is 0 Å². The van der Waals surface area contributed by atoms with Crippen molar-refractivity contribution in [2.45, 2.75) is 0 Å². The van der Waals surface area contributed by atoms with Gasteiger partial charge in [-0.1, -0.05) is 12.1 Å². The summed E-state index contributed by atoms with van der Waals surface area (Å²) in [6.45, 7) is 0. The van der Waals surface area contributed by atoms with Crippen LogP contribution in [0.2, 0.25) is 5.28 Å². The fourth-order valence-electron chi connectivity index (χ4n) is 1.35. The fourth-order valence-corrected chi connectivity index (χ4v) is 1.53. The van der Waals surface area contributed by atoms with Gasteiger partial charge in [0.05, 0.1) is 0 Å². The smallest absolute Gasteiger partial charge is 0.354 e. The third-order valence-corrected chi connectivity index (χ3v) is 2.20. The number of aromatic carboxylic acids is 1. The largest absolute Gasteiger partial charge is 0.477 e. The van der Waals surface area contributed by atoms with E-state index in [2.05, 4.69) is 9.97 Å². The number of carboxylic acids is 1. The number of nitrogens with zero attached hydrogens (tertiary/aromatic N) is 1. The molecular weight excluding hydrogens is 235 g/mol. The Morgan fingerprint density at radius 2 is 2.12 bits per heavy atom. The summed E-state index contributed by atoms with van der Waals surface area (Å²) in [6, 6.07) is 5.76. The Morgan fingerprint density at radius 3 is 2.75 bits per heavy atom. The van der Waals surface area contributed by atoms with Crippen LogP contribution in [0.5, 0.6) is 0 Å². The second kappa shape index (κ2) is 3.94. The molecule has 2 N–H and O–H groups in total. The number of imidazole rings is 1. The third kappa shape index (κ3) is 1.77. The first-order valence-electron chi connectivity index (χ1n) is 4.33. The molecular formula is C10H6ClFN2O2. The highest BCUT2D eigenvalue weighted by molar-refractivity contribution is 6.28. The van der Waals surface area contributed by atoms with E-state index in [0.717, 1.165) is 0 Å². The average Bonchev–Trinajstić information content (AvgIpc) is 2.61. The van der Waals surface area contributed by atoms with Gasteiger partial charge in [-0.15, -0.1) is 0 Å². The summed E-state index contributed by atoms with van der Waals surface area (Å²) >= 11 is 5.56. The number of aromatic nitrogens is 2. The Hall–Kier alpha value is -1.88. The highest BCUT2D eigenvalue weighted by Crippen LogP contribution is 2.25. The van der Waals surface area contributed by atoms with Crippen molar-refractivity contribution in [3.63, 3.8) is 0 Å². The minimum absolute atomic E-state index is 0.00407. The summed E-state index contributed by atoms with van der Waals surface area (Å²) in [5.74, 6) is -1.79. The van der Waals surface area contributed by atoms with Crippen LogP contribution in [0.3, 0.4) is 0 Å². The normalized spacial score (nSPS) is 10.4. The maximum absolute atomic E-state index is 13.4. The molecule has 0 aliphatic rings. The van der Waals surface area contributed by atoms with Crippen LogP contribution in [-0.4, -0.2) is 21.0 Å². The van der Waals surface area contributed by atoms with Gasteiger partial charge in [-0.05, 0) is 23.7 Å². The number of nitrogens with one attached hydrogen (secondary N) is 1. The highest BCUT2D eigenvalue weighted by atomic mass is 35.5. The van der Waals surface area contributed by atoms with Gasteiger partial charge in [0.25, 0.3) is 0 Å². The van der Waals surface area contributed by atoms with E-state index in [1.807, 2.05) is 0 Å². The molecule has 2 aromatic rings. The molecule has 0 aliphatic heterocycles. The molecule has 0 unspecified atom stereocenters. The van der Waals surface area contributed by atoms with Crippen molar-refractivity contribution in [3.05, 3.63) is 41.1 Å². The summed E-state index contributed by atoms with van der Waals surface area (Å²) in [4.78, 5) is 17.0. The number of halogens is 2. The van der Waals surface area contributed by atoms with Gasteiger partial charge in [-0.25, -0.2) is 14.2 Å².